The Balaban J connectivity index is 2.06. The van der Waals surface area contributed by atoms with Crippen molar-refractivity contribution in [3.05, 3.63) is 0 Å². The lowest BCUT2D eigenvalue weighted by atomic mass is 10.2. The van der Waals surface area contributed by atoms with Crippen molar-refractivity contribution in [2.45, 2.75) is 25.3 Å². The third kappa shape index (κ3) is 1.44. The van der Waals surface area contributed by atoms with Crippen LogP contribution >= 0.6 is 0 Å². The first-order valence-electron chi connectivity index (χ1n) is 3.23. The van der Waals surface area contributed by atoms with Crippen molar-refractivity contribution in [3.8, 4) is 0 Å². The molecular weight excluding hydrogens is 105 g/mol. The monoisotopic (exact) mass is 117 g/mol. The maximum atomic E-state index is 11.6. The smallest absolute Gasteiger partial charge is 0.0909 e. The molecule has 1 atom stereocenters. The number of hydrogen-bond donors (Lipinski definition) is 1. The fraction of sp³-hybridized carbons (Fsp3) is 1.00. The normalized spacial score (nSPS) is 28.9. The highest BCUT2D eigenvalue weighted by Crippen LogP contribution is 2.07. The molecule has 1 heterocycles. The van der Waals surface area contributed by atoms with E-state index in [4.69, 9.17) is 0 Å². The van der Waals surface area contributed by atoms with E-state index >= 15 is 0 Å². The van der Waals surface area contributed by atoms with Crippen molar-refractivity contribution in [2.24, 2.45) is 0 Å². The lowest BCUT2D eigenvalue weighted by Gasteiger charge is -2.04. The quantitative estimate of drug-likeness (QED) is 0.571. The van der Waals surface area contributed by atoms with Gasteiger partial charge in [-0.05, 0) is 25.8 Å². The average Bonchev–Trinajstić information content (AvgIpc) is 2.19. The van der Waals surface area contributed by atoms with Crippen LogP contribution in [0.5, 0.6) is 0 Å². The second-order valence-electron chi connectivity index (χ2n) is 2.27. The summed E-state index contributed by atoms with van der Waals surface area (Å²) in [6.45, 7) is 0.919. The van der Waals surface area contributed by atoms with Gasteiger partial charge in [0.1, 0.15) is 0 Å². The molecule has 0 spiro atoms. The molecule has 0 radical (unpaired) electrons. The Bertz CT molecular complexity index is 59.5. The molecule has 0 aromatic rings. The lowest BCUT2D eigenvalue weighted by Crippen LogP contribution is -2.21. The molecule has 1 rings (SSSR count). The third-order valence-corrected chi connectivity index (χ3v) is 1.62. The molecular formula is C6H12FN. The topological polar surface area (TPSA) is 12.0 Å². The minimum absolute atomic E-state index is 0.169. The standard InChI is InChI=1S/C6H12FN/c7-4-3-6-2-1-5-8-6/h6,8H,1-5H2. The van der Waals surface area contributed by atoms with E-state index in [-0.39, 0.29) is 6.67 Å². The van der Waals surface area contributed by atoms with Crippen LogP contribution in [0.25, 0.3) is 0 Å². The van der Waals surface area contributed by atoms with Crippen LogP contribution in [0.15, 0.2) is 0 Å². The number of halogens is 1. The summed E-state index contributed by atoms with van der Waals surface area (Å²) in [4.78, 5) is 0. The van der Waals surface area contributed by atoms with Crippen molar-refractivity contribution in [2.75, 3.05) is 13.2 Å². The van der Waals surface area contributed by atoms with Crippen molar-refractivity contribution in [3.63, 3.8) is 0 Å². The van der Waals surface area contributed by atoms with E-state index in [9.17, 15) is 4.39 Å². The molecule has 48 valence electrons. The summed E-state index contributed by atoms with van der Waals surface area (Å²) in [6, 6.07) is 0.486. The molecule has 2 heteroatoms. The van der Waals surface area contributed by atoms with Crippen molar-refractivity contribution < 1.29 is 4.39 Å². The van der Waals surface area contributed by atoms with Gasteiger partial charge in [-0.15, -0.1) is 0 Å². The predicted octanol–water partition coefficient (Wildman–Crippen LogP) is 1.10. The van der Waals surface area contributed by atoms with E-state index in [1.807, 2.05) is 0 Å². The Kier molecular flexibility index (Phi) is 2.27. The van der Waals surface area contributed by atoms with E-state index in [0.717, 1.165) is 6.54 Å². The maximum Gasteiger partial charge on any atom is 0.0909 e. The molecule has 1 unspecified atom stereocenters. The summed E-state index contributed by atoms with van der Waals surface area (Å²) in [7, 11) is 0. The summed E-state index contributed by atoms with van der Waals surface area (Å²) >= 11 is 0. The predicted molar refractivity (Wildman–Crippen MR) is 31.6 cm³/mol. The number of nitrogens with one attached hydrogen (secondary N) is 1. The largest absolute Gasteiger partial charge is 0.314 e. The molecule has 0 aliphatic carbocycles. The van der Waals surface area contributed by atoms with Gasteiger partial charge in [0.15, 0.2) is 0 Å². The first-order valence-corrected chi connectivity index (χ1v) is 3.23. The van der Waals surface area contributed by atoms with Crippen molar-refractivity contribution >= 4 is 0 Å². The Morgan fingerprint density at radius 1 is 1.62 bits per heavy atom. The van der Waals surface area contributed by atoms with Crippen LogP contribution in [0, 0.1) is 0 Å². The van der Waals surface area contributed by atoms with Crippen LogP contribution in [0.4, 0.5) is 4.39 Å². The molecule has 0 bridgehead atoms. The Labute approximate surface area is 49.3 Å². The van der Waals surface area contributed by atoms with E-state index in [2.05, 4.69) is 5.32 Å². The van der Waals surface area contributed by atoms with Crippen LogP contribution in [0.2, 0.25) is 0 Å². The molecule has 0 saturated carbocycles. The molecule has 1 fully saturated rings. The number of hydrogen-bond acceptors (Lipinski definition) is 1. The summed E-state index contributed by atoms with van der Waals surface area (Å²) < 4.78 is 11.6. The minimum Gasteiger partial charge on any atom is -0.314 e. The summed E-state index contributed by atoms with van der Waals surface area (Å²) in [6.07, 6.45) is 3.11. The summed E-state index contributed by atoms with van der Waals surface area (Å²) in [5, 5.41) is 3.22. The zero-order chi connectivity index (χ0) is 5.82. The average molecular weight is 117 g/mol. The third-order valence-electron chi connectivity index (χ3n) is 1.62. The van der Waals surface area contributed by atoms with Gasteiger partial charge >= 0.3 is 0 Å². The first kappa shape index (κ1) is 6.02. The summed E-state index contributed by atoms with van der Waals surface area (Å²) in [5.41, 5.74) is 0. The van der Waals surface area contributed by atoms with Gasteiger partial charge in [-0.1, -0.05) is 0 Å². The van der Waals surface area contributed by atoms with Gasteiger partial charge in [-0.25, -0.2) is 0 Å². The molecule has 8 heavy (non-hydrogen) atoms. The van der Waals surface area contributed by atoms with Gasteiger partial charge in [-0.3, -0.25) is 4.39 Å². The second-order valence-corrected chi connectivity index (χ2v) is 2.27. The van der Waals surface area contributed by atoms with Gasteiger partial charge in [0.25, 0.3) is 0 Å². The highest BCUT2D eigenvalue weighted by atomic mass is 19.1. The van der Waals surface area contributed by atoms with Crippen LogP contribution in [0.1, 0.15) is 19.3 Å². The molecule has 1 N–H and O–H groups in total. The second kappa shape index (κ2) is 3.02. The molecule has 0 aromatic carbocycles. The van der Waals surface area contributed by atoms with E-state index in [0.29, 0.717) is 12.5 Å². The van der Waals surface area contributed by atoms with Crippen LogP contribution in [0.3, 0.4) is 0 Å². The van der Waals surface area contributed by atoms with Crippen molar-refractivity contribution in [1.82, 2.24) is 5.32 Å². The minimum atomic E-state index is -0.169. The fourth-order valence-corrected chi connectivity index (χ4v) is 1.13. The van der Waals surface area contributed by atoms with Crippen LogP contribution in [-0.4, -0.2) is 19.3 Å². The number of rotatable bonds is 2. The Morgan fingerprint density at radius 3 is 3.00 bits per heavy atom. The molecule has 1 aliphatic heterocycles. The van der Waals surface area contributed by atoms with Gasteiger partial charge in [0.2, 0.25) is 0 Å². The zero-order valence-corrected chi connectivity index (χ0v) is 4.99. The van der Waals surface area contributed by atoms with E-state index < -0.39 is 0 Å². The van der Waals surface area contributed by atoms with Gasteiger partial charge in [0.05, 0.1) is 6.67 Å². The first-order chi connectivity index (χ1) is 3.93. The highest BCUT2D eigenvalue weighted by Gasteiger charge is 2.12. The molecule has 1 nitrogen and oxygen atoms in total. The van der Waals surface area contributed by atoms with Gasteiger partial charge < -0.3 is 5.32 Å². The zero-order valence-electron chi connectivity index (χ0n) is 4.99. The highest BCUT2D eigenvalue weighted by molar-refractivity contribution is 4.72. The van der Waals surface area contributed by atoms with E-state index in [1.165, 1.54) is 12.8 Å². The maximum absolute atomic E-state index is 11.6. The molecule has 0 aromatic heterocycles. The Morgan fingerprint density at radius 2 is 2.50 bits per heavy atom. The SMILES string of the molecule is FCCC1CCCN1. The van der Waals surface area contributed by atoms with Gasteiger partial charge in [0, 0.05) is 6.04 Å². The molecule has 0 amide bonds. The lowest BCUT2D eigenvalue weighted by molar-refractivity contribution is 0.420. The molecule has 1 aliphatic rings. The van der Waals surface area contributed by atoms with Crippen molar-refractivity contribution in [1.29, 1.82) is 0 Å². The fourth-order valence-electron chi connectivity index (χ4n) is 1.13. The van der Waals surface area contributed by atoms with E-state index in [1.54, 1.807) is 0 Å². The number of alkyl halides is 1. The Hall–Kier alpha value is -0.110. The molecule has 1 saturated heterocycles. The summed E-state index contributed by atoms with van der Waals surface area (Å²) in [5.74, 6) is 0. The van der Waals surface area contributed by atoms with Gasteiger partial charge in [-0.2, -0.15) is 0 Å². The van der Waals surface area contributed by atoms with Crippen LogP contribution < -0.4 is 5.32 Å². The van der Waals surface area contributed by atoms with Crippen LogP contribution in [-0.2, 0) is 0 Å².